The lowest BCUT2D eigenvalue weighted by Gasteiger charge is -2.19. The van der Waals surface area contributed by atoms with E-state index in [-0.39, 0.29) is 5.56 Å². The highest BCUT2D eigenvalue weighted by atomic mass is 19.1. The van der Waals surface area contributed by atoms with Crippen LogP contribution >= 0.6 is 0 Å². The molecule has 0 bridgehead atoms. The van der Waals surface area contributed by atoms with Crippen molar-refractivity contribution in [3.8, 4) is 18.4 Å². The summed E-state index contributed by atoms with van der Waals surface area (Å²) in [5, 5.41) is 11.7. The van der Waals surface area contributed by atoms with Crippen LogP contribution in [-0.2, 0) is 6.54 Å². The van der Waals surface area contributed by atoms with Crippen molar-refractivity contribution in [1.82, 2.24) is 5.32 Å². The molecule has 0 fully saturated rings. The normalized spacial score (nSPS) is 10.6. The number of rotatable bonds is 3. The monoisotopic (exact) mass is 216 g/mol. The lowest BCUT2D eigenvalue weighted by molar-refractivity contribution is 0.479. The Hall–Kier alpha value is -1.84. The average Bonchev–Trinajstić information content (AvgIpc) is 2.28. The van der Waals surface area contributed by atoms with E-state index in [1.807, 2.05) is 13.8 Å². The lowest BCUT2D eigenvalue weighted by Crippen LogP contribution is -2.37. The van der Waals surface area contributed by atoms with Gasteiger partial charge in [-0.1, -0.05) is 18.1 Å². The fourth-order valence-corrected chi connectivity index (χ4v) is 1.17. The Kier molecular flexibility index (Phi) is 3.66. The topological polar surface area (TPSA) is 35.8 Å². The van der Waals surface area contributed by atoms with Crippen molar-refractivity contribution in [2.24, 2.45) is 0 Å². The summed E-state index contributed by atoms with van der Waals surface area (Å²) in [6.45, 7) is 3.97. The molecule has 0 aliphatic carbocycles. The number of nitriles is 1. The van der Waals surface area contributed by atoms with Crippen molar-refractivity contribution in [3.63, 3.8) is 0 Å². The van der Waals surface area contributed by atoms with Crippen LogP contribution in [0.5, 0.6) is 0 Å². The van der Waals surface area contributed by atoms with Gasteiger partial charge in [0.1, 0.15) is 11.9 Å². The lowest BCUT2D eigenvalue weighted by atomic mass is 10.1. The summed E-state index contributed by atoms with van der Waals surface area (Å²) in [6.07, 6.45) is 5.31. The maximum Gasteiger partial charge on any atom is 0.145 e. The van der Waals surface area contributed by atoms with E-state index in [4.69, 9.17) is 11.7 Å². The number of nitrogens with zero attached hydrogens (tertiary/aromatic N) is 1. The summed E-state index contributed by atoms with van der Waals surface area (Å²) in [5.41, 5.74) is 0.00919. The van der Waals surface area contributed by atoms with E-state index in [0.717, 1.165) is 0 Å². The highest BCUT2D eigenvalue weighted by Crippen LogP contribution is 2.13. The number of halogens is 1. The Morgan fingerprint density at radius 3 is 2.75 bits per heavy atom. The van der Waals surface area contributed by atoms with Crippen molar-refractivity contribution in [1.29, 1.82) is 5.26 Å². The van der Waals surface area contributed by atoms with Gasteiger partial charge < -0.3 is 0 Å². The smallest absolute Gasteiger partial charge is 0.145 e. The van der Waals surface area contributed by atoms with Gasteiger partial charge >= 0.3 is 0 Å². The molecule has 0 amide bonds. The molecule has 1 rings (SSSR count). The van der Waals surface area contributed by atoms with Crippen LogP contribution < -0.4 is 5.32 Å². The van der Waals surface area contributed by atoms with Crippen molar-refractivity contribution in [3.05, 3.63) is 35.1 Å². The van der Waals surface area contributed by atoms with Crippen LogP contribution in [0, 0.1) is 29.5 Å². The van der Waals surface area contributed by atoms with E-state index in [1.165, 1.54) is 6.07 Å². The molecule has 0 atom stereocenters. The standard InChI is InChI=1S/C13H13FN2/c1-4-13(2,3)16-9-11-7-5-6-10(8-15)12(11)14/h1,5-7,16H,9H2,2-3H3. The van der Waals surface area contributed by atoms with E-state index < -0.39 is 11.4 Å². The Bertz CT molecular complexity index is 464. The molecule has 16 heavy (non-hydrogen) atoms. The summed E-state index contributed by atoms with van der Waals surface area (Å²) < 4.78 is 13.6. The van der Waals surface area contributed by atoms with E-state index in [2.05, 4.69) is 11.2 Å². The van der Waals surface area contributed by atoms with Crippen molar-refractivity contribution in [2.75, 3.05) is 0 Å². The minimum absolute atomic E-state index is 0.0535. The maximum atomic E-state index is 13.6. The molecule has 0 aliphatic rings. The first-order chi connectivity index (χ1) is 7.50. The highest BCUT2D eigenvalue weighted by molar-refractivity contribution is 5.35. The minimum Gasteiger partial charge on any atom is -0.297 e. The van der Waals surface area contributed by atoms with Crippen LogP contribution in [0.25, 0.3) is 0 Å². The average molecular weight is 216 g/mol. The summed E-state index contributed by atoms with van der Waals surface area (Å²) in [5.74, 6) is 2.08. The Morgan fingerprint density at radius 1 is 1.50 bits per heavy atom. The van der Waals surface area contributed by atoms with Crippen molar-refractivity contribution >= 4 is 0 Å². The van der Waals surface area contributed by atoms with Gasteiger partial charge in [-0.15, -0.1) is 6.42 Å². The predicted molar refractivity (Wildman–Crippen MR) is 60.9 cm³/mol. The molecular formula is C13H13FN2. The third-order valence-corrected chi connectivity index (χ3v) is 2.28. The maximum absolute atomic E-state index is 13.6. The van der Waals surface area contributed by atoms with Crippen molar-refractivity contribution < 1.29 is 4.39 Å². The van der Waals surface area contributed by atoms with Crippen LogP contribution in [0.15, 0.2) is 18.2 Å². The molecule has 2 nitrogen and oxygen atoms in total. The fraction of sp³-hybridized carbons (Fsp3) is 0.308. The van der Waals surface area contributed by atoms with Gasteiger partial charge in [0.2, 0.25) is 0 Å². The molecule has 0 aromatic heterocycles. The first-order valence-corrected chi connectivity index (χ1v) is 4.90. The molecule has 0 saturated carbocycles. The Balaban J connectivity index is 2.85. The molecule has 3 heteroatoms. The fourth-order valence-electron chi connectivity index (χ4n) is 1.17. The number of nitrogens with one attached hydrogen (secondary N) is 1. The summed E-state index contributed by atoms with van der Waals surface area (Å²) in [7, 11) is 0. The zero-order valence-electron chi connectivity index (χ0n) is 9.34. The van der Waals surface area contributed by atoms with E-state index in [9.17, 15) is 4.39 Å². The largest absolute Gasteiger partial charge is 0.297 e. The third kappa shape index (κ3) is 2.82. The van der Waals surface area contributed by atoms with E-state index in [1.54, 1.807) is 18.2 Å². The van der Waals surface area contributed by atoms with Gasteiger partial charge in [0.15, 0.2) is 0 Å². The second kappa shape index (κ2) is 4.79. The van der Waals surface area contributed by atoms with Gasteiger partial charge in [-0.25, -0.2) is 4.39 Å². The summed E-state index contributed by atoms with van der Waals surface area (Å²) >= 11 is 0. The quantitative estimate of drug-likeness (QED) is 0.786. The zero-order valence-corrected chi connectivity index (χ0v) is 9.34. The van der Waals surface area contributed by atoms with E-state index in [0.29, 0.717) is 12.1 Å². The molecule has 1 aromatic carbocycles. The molecule has 0 saturated heterocycles. The molecule has 0 aliphatic heterocycles. The van der Waals surface area contributed by atoms with Crippen LogP contribution in [-0.4, -0.2) is 5.54 Å². The van der Waals surface area contributed by atoms with Gasteiger partial charge in [0.05, 0.1) is 11.1 Å². The molecule has 1 aromatic rings. The van der Waals surface area contributed by atoms with Gasteiger partial charge in [0.25, 0.3) is 0 Å². The molecular weight excluding hydrogens is 203 g/mol. The summed E-state index contributed by atoms with van der Waals surface area (Å²) in [4.78, 5) is 0. The number of hydrogen-bond acceptors (Lipinski definition) is 2. The second-order valence-electron chi connectivity index (χ2n) is 4.01. The zero-order chi connectivity index (χ0) is 12.2. The second-order valence-corrected chi connectivity index (χ2v) is 4.01. The van der Waals surface area contributed by atoms with Gasteiger partial charge in [-0.3, -0.25) is 5.32 Å². The van der Waals surface area contributed by atoms with Gasteiger partial charge in [-0.05, 0) is 19.9 Å². The number of hydrogen-bond donors (Lipinski definition) is 1. The minimum atomic E-state index is -0.491. The van der Waals surface area contributed by atoms with Gasteiger partial charge in [-0.2, -0.15) is 5.26 Å². The first kappa shape index (κ1) is 12.2. The molecule has 0 heterocycles. The number of benzene rings is 1. The third-order valence-electron chi connectivity index (χ3n) is 2.28. The first-order valence-electron chi connectivity index (χ1n) is 4.90. The van der Waals surface area contributed by atoms with Crippen molar-refractivity contribution in [2.45, 2.75) is 25.9 Å². The Labute approximate surface area is 95.1 Å². The SMILES string of the molecule is C#CC(C)(C)NCc1cccc(C#N)c1F. The molecule has 0 spiro atoms. The predicted octanol–water partition coefficient (Wildman–Crippen LogP) is 2.20. The van der Waals surface area contributed by atoms with Crippen LogP contribution in [0.1, 0.15) is 25.0 Å². The Morgan fingerprint density at radius 2 is 2.19 bits per heavy atom. The van der Waals surface area contributed by atoms with Crippen LogP contribution in [0.3, 0.4) is 0 Å². The van der Waals surface area contributed by atoms with Gasteiger partial charge in [0, 0.05) is 12.1 Å². The molecule has 82 valence electrons. The molecule has 1 N–H and O–H groups in total. The van der Waals surface area contributed by atoms with E-state index >= 15 is 0 Å². The van der Waals surface area contributed by atoms with Crippen LogP contribution in [0.4, 0.5) is 4.39 Å². The molecule has 0 radical (unpaired) electrons. The van der Waals surface area contributed by atoms with Crippen LogP contribution in [0.2, 0.25) is 0 Å². The summed E-state index contributed by atoms with van der Waals surface area (Å²) in [6, 6.07) is 6.54. The highest BCUT2D eigenvalue weighted by Gasteiger charge is 2.14. The molecule has 0 unspecified atom stereocenters. The number of terminal acetylenes is 1.